The Labute approximate surface area is 121 Å². The molecule has 5 nitrogen and oxygen atoms in total. The van der Waals surface area contributed by atoms with E-state index in [1.165, 1.54) is 0 Å². The van der Waals surface area contributed by atoms with E-state index in [0.717, 1.165) is 19.3 Å². The maximum atomic E-state index is 12.8. The third-order valence-electron chi connectivity index (χ3n) is 4.69. The fraction of sp³-hybridized carbons (Fsp3) is 0.867. The van der Waals surface area contributed by atoms with Crippen LogP contribution in [0.2, 0.25) is 0 Å². The first-order valence-electron chi connectivity index (χ1n) is 7.40. The molecule has 1 aliphatic carbocycles. The molecule has 1 N–H and O–H groups in total. The fourth-order valence-electron chi connectivity index (χ4n) is 3.19. The molecule has 2 unspecified atom stereocenters. The van der Waals surface area contributed by atoms with Gasteiger partial charge < -0.3 is 15.0 Å². The summed E-state index contributed by atoms with van der Waals surface area (Å²) in [6.07, 6.45) is 2.78. The molecule has 0 aromatic rings. The molecule has 0 aromatic heterocycles. The topological polar surface area (TPSA) is 58.6 Å². The number of nitrogens with one attached hydrogen (secondary N) is 1. The van der Waals surface area contributed by atoms with Gasteiger partial charge in [0.05, 0.1) is 0 Å². The molecule has 2 amide bonds. The van der Waals surface area contributed by atoms with Crippen LogP contribution in [0.1, 0.15) is 47.0 Å². The molecule has 2 atom stereocenters. The molecule has 1 aliphatic heterocycles. The number of carbonyl (C=O) groups excluding carboxylic acids is 2. The number of amides is 2. The maximum absolute atomic E-state index is 12.8. The van der Waals surface area contributed by atoms with Crippen LogP contribution in [0.4, 0.5) is 0 Å². The van der Waals surface area contributed by atoms with Crippen molar-refractivity contribution >= 4 is 11.8 Å². The van der Waals surface area contributed by atoms with E-state index in [9.17, 15) is 9.59 Å². The summed E-state index contributed by atoms with van der Waals surface area (Å²) in [7, 11) is 1.65. The van der Waals surface area contributed by atoms with E-state index in [1.807, 2.05) is 18.7 Å². The smallest absolute Gasteiger partial charge is 0.248 e. The molecule has 0 aromatic carbocycles. The first kappa shape index (κ1) is 15.3. The van der Waals surface area contributed by atoms with Gasteiger partial charge in [0.25, 0.3) is 0 Å². The average Bonchev–Trinajstić information content (AvgIpc) is 3.18. The zero-order valence-electron chi connectivity index (χ0n) is 13.2. The molecule has 2 rings (SSSR count). The van der Waals surface area contributed by atoms with Gasteiger partial charge in [0.15, 0.2) is 0 Å². The third kappa shape index (κ3) is 2.32. The van der Waals surface area contributed by atoms with Crippen LogP contribution in [0.15, 0.2) is 0 Å². The lowest BCUT2D eigenvalue weighted by Crippen LogP contribution is -2.75. The molecule has 20 heavy (non-hydrogen) atoms. The van der Waals surface area contributed by atoms with E-state index in [1.54, 1.807) is 21.0 Å². The Morgan fingerprint density at radius 3 is 2.45 bits per heavy atom. The number of carbonyl (C=O) groups is 2. The number of nitrogens with zero attached hydrogens (tertiary/aromatic N) is 1. The minimum atomic E-state index is -0.827. The highest BCUT2D eigenvalue weighted by atomic mass is 16.5. The largest absolute Gasteiger partial charge is 0.385 e. The SMILES string of the molecule is COCCC(C)N1C(=O)C(C)(C)NC(=O)C1(C)C1CC1. The van der Waals surface area contributed by atoms with Gasteiger partial charge in [-0.1, -0.05) is 0 Å². The van der Waals surface area contributed by atoms with Gasteiger partial charge in [-0.05, 0) is 52.9 Å². The number of ether oxygens (including phenoxy) is 1. The second-order valence-corrected chi connectivity index (χ2v) is 6.81. The molecule has 114 valence electrons. The molecule has 2 fully saturated rings. The fourth-order valence-corrected chi connectivity index (χ4v) is 3.19. The van der Waals surface area contributed by atoms with Crippen molar-refractivity contribution in [1.82, 2.24) is 10.2 Å². The monoisotopic (exact) mass is 282 g/mol. The van der Waals surface area contributed by atoms with Crippen LogP contribution in [-0.4, -0.2) is 47.6 Å². The van der Waals surface area contributed by atoms with Crippen molar-refractivity contribution in [3.05, 3.63) is 0 Å². The third-order valence-corrected chi connectivity index (χ3v) is 4.69. The lowest BCUT2D eigenvalue weighted by Gasteiger charge is -2.52. The number of hydrogen-bond acceptors (Lipinski definition) is 3. The molecule has 0 spiro atoms. The van der Waals surface area contributed by atoms with E-state index >= 15 is 0 Å². The summed E-state index contributed by atoms with van der Waals surface area (Å²) in [5, 5.41) is 2.90. The molecule has 0 bridgehead atoms. The van der Waals surface area contributed by atoms with Crippen LogP contribution in [0, 0.1) is 5.92 Å². The van der Waals surface area contributed by atoms with Gasteiger partial charge in [0.2, 0.25) is 11.8 Å². The predicted octanol–water partition coefficient (Wildman–Crippen LogP) is 1.32. The molecular weight excluding hydrogens is 256 g/mol. The Morgan fingerprint density at radius 1 is 1.35 bits per heavy atom. The Hall–Kier alpha value is -1.10. The summed E-state index contributed by atoms with van der Waals surface area (Å²) in [5.41, 5.74) is -1.54. The lowest BCUT2D eigenvalue weighted by atomic mass is 9.83. The van der Waals surface area contributed by atoms with Gasteiger partial charge in [0.1, 0.15) is 11.1 Å². The van der Waals surface area contributed by atoms with Crippen LogP contribution in [0.5, 0.6) is 0 Å². The Morgan fingerprint density at radius 2 is 1.95 bits per heavy atom. The van der Waals surface area contributed by atoms with Crippen LogP contribution < -0.4 is 5.32 Å². The van der Waals surface area contributed by atoms with Crippen molar-refractivity contribution in [2.24, 2.45) is 5.92 Å². The second-order valence-electron chi connectivity index (χ2n) is 6.81. The number of hydrogen-bond donors (Lipinski definition) is 1. The molecule has 5 heteroatoms. The summed E-state index contributed by atoms with van der Waals surface area (Å²) in [5.74, 6) is 0.275. The highest BCUT2D eigenvalue weighted by Crippen LogP contribution is 2.46. The van der Waals surface area contributed by atoms with Crippen molar-refractivity contribution in [3.63, 3.8) is 0 Å². The van der Waals surface area contributed by atoms with Crippen LogP contribution in [-0.2, 0) is 14.3 Å². The van der Waals surface area contributed by atoms with Crippen molar-refractivity contribution < 1.29 is 14.3 Å². The highest BCUT2D eigenvalue weighted by molar-refractivity contribution is 6.02. The Bertz CT molecular complexity index is 417. The Kier molecular flexibility index (Phi) is 3.84. The highest BCUT2D eigenvalue weighted by Gasteiger charge is 2.60. The van der Waals surface area contributed by atoms with E-state index in [0.29, 0.717) is 6.61 Å². The quantitative estimate of drug-likeness (QED) is 0.827. The van der Waals surface area contributed by atoms with Gasteiger partial charge in [-0.25, -0.2) is 0 Å². The van der Waals surface area contributed by atoms with E-state index < -0.39 is 11.1 Å². The maximum Gasteiger partial charge on any atom is 0.248 e. The zero-order valence-corrected chi connectivity index (χ0v) is 13.2. The molecule has 1 saturated carbocycles. The minimum Gasteiger partial charge on any atom is -0.385 e. The van der Waals surface area contributed by atoms with Gasteiger partial charge in [0, 0.05) is 19.8 Å². The molecule has 0 radical (unpaired) electrons. The lowest BCUT2D eigenvalue weighted by molar-refractivity contribution is -0.166. The average molecular weight is 282 g/mol. The number of rotatable bonds is 5. The van der Waals surface area contributed by atoms with E-state index in [4.69, 9.17) is 4.74 Å². The van der Waals surface area contributed by atoms with Gasteiger partial charge in [-0.15, -0.1) is 0 Å². The minimum absolute atomic E-state index is 0.00150. The van der Waals surface area contributed by atoms with Crippen LogP contribution in [0.3, 0.4) is 0 Å². The van der Waals surface area contributed by atoms with Gasteiger partial charge in [-0.2, -0.15) is 0 Å². The summed E-state index contributed by atoms with van der Waals surface area (Å²) in [6, 6.07) is -0.00150. The molecular formula is C15H26N2O3. The molecule has 2 aliphatic rings. The summed E-state index contributed by atoms with van der Waals surface area (Å²) >= 11 is 0. The predicted molar refractivity (Wildman–Crippen MR) is 76.2 cm³/mol. The van der Waals surface area contributed by atoms with Crippen molar-refractivity contribution in [1.29, 1.82) is 0 Å². The second kappa shape index (κ2) is 5.02. The first-order chi connectivity index (χ1) is 9.25. The zero-order chi connectivity index (χ0) is 15.1. The van der Waals surface area contributed by atoms with Crippen molar-refractivity contribution in [2.45, 2.75) is 64.1 Å². The first-order valence-corrected chi connectivity index (χ1v) is 7.40. The number of methoxy groups -OCH3 is 1. The van der Waals surface area contributed by atoms with E-state index in [-0.39, 0.29) is 23.8 Å². The Balaban J connectivity index is 2.33. The van der Waals surface area contributed by atoms with Gasteiger partial charge >= 0.3 is 0 Å². The summed E-state index contributed by atoms with van der Waals surface area (Å²) in [4.78, 5) is 27.2. The van der Waals surface area contributed by atoms with Crippen molar-refractivity contribution in [2.75, 3.05) is 13.7 Å². The standard InChI is InChI=1S/C15H26N2O3/c1-10(8-9-20-5)17-13(19)14(2,3)16-12(18)15(17,4)11-6-7-11/h10-11H,6-9H2,1-5H3,(H,16,18). The normalized spacial score (nSPS) is 31.1. The van der Waals surface area contributed by atoms with Gasteiger partial charge in [-0.3, -0.25) is 9.59 Å². The summed E-state index contributed by atoms with van der Waals surface area (Å²) in [6.45, 7) is 8.06. The van der Waals surface area contributed by atoms with Crippen LogP contribution >= 0.6 is 0 Å². The number of piperazine rings is 1. The summed E-state index contributed by atoms with van der Waals surface area (Å²) < 4.78 is 5.12. The van der Waals surface area contributed by atoms with E-state index in [2.05, 4.69) is 5.32 Å². The molecule has 1 saturated heterocycles. The molecule has 1 heterocycles. The van der Waals surface area contributed by atoms with Crippen molar-refractivity contribution in [3.8, 4) is 0 Å². The van der Waals surface area contributed by atoms with Crippen LogP contribution in [0.25, 0.3) is 0 Å².